The van der Waals surface area contributed by atoms with Gasteiger partial charge in [0.25, 0.3) is 0 Å². The van der Waals surface area contributed by atoms with E-state index in [1.807, 2.05) is 0 Å². The second-order valence-corrected chi connectivity index (χ2v) is 8.93. The first-order chi connectivity index (χ1) is 11.5. The molecule has 0 heterocycles. The Morgan fingerprint density at radius 3 is 2.42 bits per heavy atom. The van der Waals surface area contributed by atoms with Crippen LogP contribution < -0.4 is 0 Å². The Kier molecular flexibility index (Phi) is 10.3. The molecule has 1 nitrogen and oxygen atoms in total. The molecule has 1 N–H and O–H groups in total. The van der Waals surface area contributed by atoms with Gasteiger partial charge in [0, 0.05) is 6.61 Å². The molecule has 142 valence electrons. The lowest BCUT2D eigenvalue weighted by molar-refractivity contribution is 0.117. The highest BCUT2D eigenvalue weighted by molar-refractivity contribution is 4.92. The SMILES string of the molecule is C=CC1CC[C@@](C)(CCCC[C@@H](CCCC)C(CC)CO)C[C@@H]1C. The predicted octanol–water partition coefficient (Wildman–Crippen LogP) is 7.00. The van der Waals surface area contributed by atoms with Gasteiger partial charge in [0.05, 0.1) is 0 Å². The molecule has 2 unspecified atom stereocenters. The molecule has 0 bridgehead atoms. The molecule has 0 aliphatic heterocycles. The van der Waals surface area contributed by atoms with Crippen LogP contribution in [-0.2, 0) is 0 Å². The summed E-state index contributed by atoms with van der Waals surface area (Å²) in [5, 5.41) is 9.67. The van der Waals surface area contributed by atoms with Crippen molar-refractivity contribution in [3.8, 4) is 0 Å². The van der Waals surface area contributed by atoms with Crippen LogP contribution >= 0.6 is 0 Å². The quantitative estimate of drug-likeness (QED) is 0.300. The van der Waals surface area contributed by atoms with Crippen LogP contribution in [0.3, 0.4) is 0 Å². The van der Waals surface area contributed by atoms with Gasteiger partial charge in [-0.1, -0.05) is 78.7 Å². The van der Waals surface area contributed by atoms with E-state index in [0.717, 1.165) is 24.2 Å². The van der Waals surface area contributed by atoms with Gasteiger partial charge in [0.15, 0.2) is 0 Å². The minimum Gasteiger partial charge on any atom is -0.396 e. The van der Waals surface area contributed by atoms with Crippen molar-refractivity contribution in [1.82, 2.24) is 0 Å². The van der Waals surface area contributed by atoms with Crippen molar-refractivity contribution in [1.29, 1.82) is 0 Å². The molecule has 24 heavy (non-hydrogen) atoms. The molecule has 0 aromatic heterocycles. The molecule has 0 aromatic rings. The number of aliphatic hydroxyl groups is 1. The molecule has 1 aliphatic carbocycles. The second kappa shape index (κ2) is 11.3. The van der Waals surface area contributed by atoms with E-state index in [4.69, 9.17) is 0 Å². The molecular formula is C23H44O. The van der Waals surface area contributed by atoms with Crippen molar-refractivity contribution < 1.29 is 5.11 Å². The minimum atomic E-state index is 0.378. The molecule has 0 spiro atoms. The molecule has 0 saturated heterocycles. The van der Waals surface area contributed by atoms with Gasteiger partial charge in [-0.25, -0.2) is 0 Å². The van der Waals surface area contributed by atoms with E-state index in [1.165, 1.54) is 64.2 Å². The van der Waals surface area contributed by atoms with Gasteiger partial charge < -0.3 is 5.11 Å². The van der Waals surface area contributed by atoms with Crippen LogP contribution in [0.1, 0.15) is 98.3 Å². The highest BCUT2D eigenvalue weighted by atomic mass is 16.3. The zero-order chi connectivity index (χ0) is 18.0. The van der Waals surface area contributed by atoms with Crippen molar-refractivity contribution >= 4 is 0 Å². The van der Waals surface area contributed by atoms with Crippen LogP contribution in [0.15, 0.2) is 12.7 Å². The highest BCUT2D eigenvalue weighted by Crippen LogP contribution is 2.45. The number of allylic oxidation sites excluding steroid dienone is 1. The summed E-state index contributed by atoms with van der Waals surface area (Å²) in [6.07, 6.45) is 16.7. The Hall–Kier alpha value is -0.300. The van der Waals surface area contributed by atoms with Gasteiger partial charge in [0.2, 0.25) is 0 Å². The average molecular weight is 337 g/mol. The lowest BCUT2D eigenvalue weighted by Gasteiger charge is -2.41. The predicted molar refractivity (Wildman–Crippen MR) is 107 cm³/mol. The van der Waals surface area contributed by atoms with Crippen LogP contribution in [0.2, 0.25) is 0 Å². The van der Waals surface area contributed by atoms with E-state index in [9.17, 15) is 5.11 Å². The molecule has 0 aromatic carbocycles. The Labute approximate surface area is 152 Å². The molecule has 1 heteroatoms. The van der Waals surface area contributed by atoms with Gasteiger partial charge in [-0.2, -0.15) is 0 Å². The van der Waals surface area contributed by atoms with E-state index >= 15 is 0 Å². The Morgan fingerprint density at radius 2 is 1.88 bits per heavy atom. The summed E-state index contributed by atoms with van der Waals surface area (Å²) in [5.41, 5.74) is 0.555. The standard InChI is InChI=1S/C23H44O/c1-6-9-12-22(21(8-3)18-24)13-10-11-15-23(5)16-14-20(7-2)19(4)17-23/h7,19-22,24H,2,6,8-18H2,1,3-5H3/t19-,20?,21?,22+,23+/m0/s1. The molecule has 0 radical (unpaired) electrons. The zero-order valence-electron chi connectivity index (χ0n) is 17.0. The number of unbranched alkanes of at least 4 members (excludes halogenated alkanes) is 2. The van der Waals surface area contributed by atoms with Crippen molar-refractivity contribution in [3.63, 3.8) is 0 Å². The van der Waals surface area contributed by atoms with Crippen LogP contribution in [0.5, 0.6) is 0 Å². The van der Waals surface area contributed by atoms with Crippen molar-refractivity contribution in [2.75, 3.05) is 6.61 Å². The van der Waals surface area contributed by atoms with Gasteiger partial charge in [-0.05, 0) is 54.8 Å². The Balaban J connectivity index is 2.37. The van der Waals surface area contributed by atoms with Gasteiger partial charge in [0.1, 0.15) is 0 Å². The van der Waals surface area contributed by atoms with Gasteiger partial charge in [-0.15, -0.1) is 6.58 Å². The fourth-order valence-corrected chi connectivity index (χ4v) is 5.06. The summed E-state index contributed by atoms with van der Waals surface area (Å²) in [6.45, 7) is 13.8. The van der Waals surface area contributed by atoms with Crippen molar-refractivity contribution in [2.24, 2.45) is 29.1 Å². The van der Waals surface area contributed by atoms with E-state index < -0.39 is 0 Å². The maximum Gasteiger partial charge on any atom is 0.0461 e. The van der Waals surface area contributed by atoms with Gasteiger partial charge >= 0.3 is 0 Å². The molecule has 1 rings (SSSR count). The molecule has 5 atom stereocenters. The maximum atomic E-state index is 9.67. The third-order valence-corrected chi connectivity index (χ3v) is 6.89. The van der Waals surface area contributed by atoms with E-state index in [0.29, 0.717) is 17.9 Å². The van der Waals surface area contributed by atoms with E-state index in [2.05, 4.69) is 40.3 Å². The van der Waals surface area contributed by atoms with Crippen LogP contribution in [0.25, 0.3) is 0 Å². The summed E-state index contributed by atoms with van der Waals surface area (Å²) in [4.78, 5) is 0. The fraction of sp³-hybridized carbons (Fsp3) is 0.913. The zero-order valence-corrected chi connectivity index (χ0v) is 17.0. The molecular weight excluding hydrogens is 292 g/mol. The lowest BCUT2D eigenvalue weighted by Crippen LogP contribution is -2.29. The summed E-state index contributed by atoms with van der Waals surface area (Å²) in [5.74, 6) is 2.81. The van der Waals surface area contributed by atoms with E-state index in [1.54, 1.807) is 0 Å². The summed E-state index contributed by atoms with van der Waals surface area (Å²) in [7, 11) is 0. The molecule has 1 fully saturated rings. The van der Waals surface area contributed by atoms with Crippen LogP contribution in [0, 0.1) is 29.1 Å². The first kappa shape index (κ1) is 21.7. The Bertz CT molecular complexity index is 333. The summed E-state index contributed by atoms with van der Waals surface area (Å²) < 4.78 is 0. The first-order valence-electron chi connectivity index (χ1n) is 10.7. The normalized spacial score (nSPS) is 30.0. The number of rotatable bonds is 12. The summed E-state index contributed by atoms with van der Waals surface area (Å²) >= 11 is 0. The van der Waals surface area contributed by atoms with E-state index in [-0.39, 0.29) is 0 Å². The van der Waals surface area contributed by atoms with Crippen molar-refractivity contribution in [2.45, 2.75) is 98.3 Å². The summed E-state index contributed by atoms with van der Waals surface area (Å²) in [6, 6.07) is 0. The molecule has 1 aliphatic rings. The third-order valence-electron chi connectivity index (χ3n) is 6.89. The van der Waals surface area contributed by atoms with Crippen LogP contribution in [-0.4, -0.2) is 11.7 Å². The van der Waals surface area contributed by atoms with Crippen LogP contribution in [0.4, 0.5) is 0 Å². The lowest BCUT2D eigenvalue weighted by atomic mass is 9.65. The van der Waals surface area contributed by atoms with Crippen molar-refractivity contribution in [3.05, 3.63) is 12.7 Å². The third kappa shape index (κ3) is 6.90. The molecule has 1 saturated carbocycles. The minimum absolute atomic E-state index is 0.378. The topological polar surface area (TPSA) is 20.2 Å². The number of aliphatic hydroxyl groups excluding tert-OH is 1. The first-order valence-corrected chi connectivity index (χ1v) is 10.7. The number of hydrogen-bond acceptors (Lipinski definition) is 1. The smallest absolute Gasteiger partial charge is 0.0461 e. The second-order valence-electron chi connectivity index (χ2n) is 8.93. The number of hydrogen-bond donors (Lipinski definition) is 1. The Morgan fingerprint density at radius 1 is 1.17 bits per heavy atom. The fourth-order valence-electron chi connectivity index (χ4n) is 5.06. The average Bonchev–Trinajstić information content (AvgIpc) is 2.57. The maximum absolute atomic E-state index is 9.67. The monoisotopic (exact) mass is 336 g/mol. The highest BCUT2D eigenvalue weighted by Gasteiger charge is 2.34. The largest absolute Gasteiger partial charge is 0.396 e. The van der Waals surface area contributed by atoms with Gasteiger partial charge in [-0.3, -0.25) is 0 Å². The molecule has 0 amide bonds.